The molecule has 3 heterocycles. The van der Waals surface area contributed by atoms with Gasteiger partial charge >= 0.3 is 0 Å². The molecule has 1 saturated heterocycles. The van der Waals surface area contributed by atoms with Crippen molar-refractivity contribution in [1.82, 2.24) is 19.8 Å². The first-order valence-electron chi connectivity index (χ1n) is 6.34. The Kier molecular flexibility index (Phi) is 2.99. The van der Waals surface area contributed by atoms with Crippen LogP contribution >= 0.6 is 0 Å². The molecule has 0 N–H and O–H groups in total. The van der Waals surface area contributed by atoms with Gasteiger partial charge in [-0.1, -0.05) is 5.16 Å². The molecule has 20 heavy (non-hydrogen) atoms. The number of rotatable bonds is 2. The summed E-state index contributed by atoms with van der Waals surface area (Å²) in [5, 5.41) is 16.7. The molecule has 7 heteroatoms. The van der Waals surface area contributed by atoms with E-state index in [2.05, 4.69) is 10.3 Å². The van der Waals surface area contributed by atoms with Gasteiger partial charge in [-0.25, -0.2) is 0 Å². The molecule has 2 aromatic heterocycles. The van der Waals surface area contributed by atoms with Gasteiger partial charge in [0.15, 0.2) is 5.69 Å². The summed E-state index contributed by atoms with van der Waals surface area (Å²) in [5.74, 6) is 0.492. The molecule has 1 fully saturated rings. The number of aromatic nitrogens is 3. The average molecular weight is 271 g/mol. The first-order chi connectivity index (χ1) is 9.67. The maximum atomic E-state index is 12.2. The van der Waals surface area contributed by atoms with Gasteiger partial charge in [-0.15, -0.1) is 0 Å². The Morgan fingerprint density at radius 3 is 3.10 bits per heavy atom. The van der Waals surface area contributed by atoms with Crippen molar-refractivity contribution < 1.29 is 9.32 Å². The minimum Gasteiger partial charge on any atom is -0.361 e. The fourth-order valence-corrected chi connectivity index (χ4v) is 2.37. The van der Waals surface area contributed by atoms with Gasteiger partial charge < -0.3 is 9.42 Å². The third-order valence-electron chi connectivity index (χ3n) is 3.40. The van der Waals surface area contributed by atoms with Crippen LogP contribution in [0.1, 0.15) is 34.3 Å². The highest BCUT2D eigenvalue weighted by molar-refractivity contribution is 5.92. The van der Waals surface area contributed by atoms with E-state index in [1.54, 1.807) is 28.8 Å². The predicted octanol–water partition coefficient (Wildman–Crippen LogP) is 1.14. The van der Waals surface area contributed by atoms with Crippen molar-refractivity contribution in [3.8, 4) is 6.07 Å². The fourth-order valence-electron chi connectivity index (χ4n) is 2.37. The molecule has 102 valence electrons. The SMILES string of the molecule is Cc1cc(C(=O)N2CCC(n3cc(C#N)cn3)C2)no1. The molecule has 0 bridgehead atoms. The Labute approximate surface area is 115 Å². The second-order valence-electron chi connectivity index (χ2n) is 4.84. The first kappa shape index (κ1) is 12.4. The van der Waals surface area contributed by atoms with Crippen molar-refractivity contribution in [3.05, 3.63) is 35.5 Å². The zero-order valence-electron chi connectivity index (χ0n) is 11.0. The van der Waals surface area contributed by atoms with E-state index >= 15 is 0 Å². The number of carbonyl (C=O) groups is 1. The Balaban J connectivity index is 1.70. The molecule has 0 spiro atoms. The lowest BCUT2D eigenvalue weighted by molar-refractivity contribution is 0.0776. The number of amides is 1. The average Bonchev–Trinajstić information content (AvgIpc) is 3.17. The van der Waals surface area contributed by atoms with Crippen molar-refractivity contribution in [2.75, 3.05) is 13.1 Å². The number of likely N-dealkylation sites (tertiary alicyclic amines) is 1. The summed E-state index contributed by atoms with van der Waals surface area (Å²) in [6.07, 6.45) is 4.06. The van der Waals surface area contributed by atoms with Crippen LogP contribution in [0.5, 0.6) is 0 Å². The van der Waals surface area contributed by atoms with E-state index < -0.39 is 0 Å². The van der Waals surface area contributed by atoms with E-state index in [9.17, 15) is 4.79 Å². The predicted molar refractivity (Wildman–Crippen MR) is 67.7 cm³/mol. The van der Waals surface area contributed by atoms with E-state index in [1.807, 2.05) is 6.07 Å². The maximum absolute atomic E-state index is 12.2. The Bertz CT molecular complexity index is 681. The molecule has 1 aliphatic heterocycles. The molecule has 0 aromatic carbocycles. The standard InChI is InChI=1S/C13H13N5O2/c1-9-4-12(16-20-9)13(19)17-3-2-11(8-17)18-7-10(5-14)6-15-18/h4,6-7,11H,2-3,8H2,1H3. The third-order valence-corrected chi connectivity index (χ3v) is 3.40. The molecule has 1 amide bonds. The van der Waals surface area contributed by atoms with E-state index in [1.165, 1.54) is 6.20 Å². The largest absolute Gasteiger partial charge is 0.361 e. The molecular formula is C13H13N5O2. The molecule has 0 saturated carbocycles. The van der Waals surface area contributed by atoms with Crippen molar-refractivity contribution in [1.29, 1.82) is 5.26 Å². The zero-order chi connectivity index (χ0) is 14.1. The number of nitriles is 1. The van der Waals surface area contributed by atoms with Gasteiger partial charge in [0.25, 0.3) is 5.91 Å². The summed E-state index contributed by atoms with van der Waals surface area (Å²) in [6, 6.07) is 3.79. The summed E-state index contributed by atoms with van der Waals surface area (Å²) < 4.78 is 6.67. The Morgan fingerprint density at radius 1 is 1.60 bits per heavy atom. The van der Waals surface area contributed by atoms with E-state index in [0.717, 1.165) is 6.42 Å². The van der Waals surface area contributed by atoms with E-state index in [0.29, 0.717) is 30.1 Å². The van der Waals surface area contributed by atoms with Crippen LogP contribution in [0.15, 0.2) is 23.0 Å². The van der Waals surface area contributed by atoms with Gasteiger partial charge in [-0.3, -0.25) is 9.48 Å². The van der Waals surface area contributed by atoms with Crippen molar-refractivity contribution in [3.63, 3.8) is 0 Å². The molecule has 3 rings (SSSR count). The third kappa shape index (κ3) is 2.16. The topological polar surface area (TPSA) is 88.0 Å². The lowest BCUT2D eigenvalue weighted by Crippen LogP contribution is -2.29. The quantitative estimate of drug-likeness (QED) is 0.817. The first-order valence-corrected chi connectivity index (χ1v) is 6.34. The zero-order valence-corrected chi connectivity index (χ0v) is 11.0. The number of hydrogen-bond acceptors (Lipinski definition) is 5. The van der Waals surface area contributed by atoms with Gasteiger partial charge in [0.2, 0.25) is 0 Å². The molecule has 0 radical (unpaired) electrons. The highest BCUT2D eigenvalue weighted by Crippen LogP contribution is 2.22. The van der Waals surface area contributed by atoms with Gasteiger partial charge in [0.1, 0.15) is 11.8 Å². The molecular weight excluding hydrogens is 258 g/mol. The summed E-state index contributed by atoms with van der Waals surface area (Å²) in [5.41, 5.74) is 0.864. The van der Waals surface area contributed by atoms with Crippen LogP contribution in [-0.2, 0) is 0 Å². The van der Waals surface area contributed by atoms with E-state index in [4.69, 9.17) is 9.78 Å². The second-order valence-corrected chi connectivity index (χ2v) is 4.84. The molecule has 1 unspecified atom stereocenters. The lowest BCUT2D eigenvalue weighted by atomic mass is 10.3. The minimum absolute atomic E-state index is 0.106. The summed E-state index contributed by atoms with van der Waals surface area (Å²) >= 11 is 0. The molecule has 0 aliphatic carbocycles. The van der Waals surface area contributed by atoms with Crippen molar-refractivity contribution in [2.24, 2.45) is 0 Å². The van der Waals surface area contributed by atoms with Crippen LogP contribution < -0.4 is 0 Å². The Hall–Kier alpha value is -2.62. The summed E-state index contributed by atoms with van der Waals surface area (Å²) in [4.78, 5) is 14.0. The van der Waals surface area contributed by atoms with Gasteiger partial charge in [0, 0.05) is 25.4 Å². The summed E-state index contributed by atoms with van der Waals surface area (Å²) in [7, 11) is 0. The van der Waals surface area contributed by atoms with Gasteiger partial charge in [0.05, 0.1) is 17.8 Å². The van der Waals surface area contributed by atoms with Crippen molar-refractivity contribution in [2.45, 2.75) is 19.4 Å². The van der Waals surface area contributed by atoms with Crippen LogP contribution in [0.4, 0.5) is 0 Å². The highest BCUT2D eigenvalue weighted by Gasteiger charge is 2.29. The van der Waals surface area contributed by atoms with E-state index in [-0.39, 0.29) is 11.9 Å². The highest BCUT2D eigenvalue weighted by atomic mass is 16.5. The fraction of sp³-hybridized carbons (Fsp3) is 0.385. The summed E-state index contributed by atoms with van der Waals surface area (Å²) in [6.45, 7) is 2.97. The molecule has 7 nitrogen and oxygen atoms in total. The maximum Gasteiger partial charge on any atom is 0.276 e. The molecule has 1 atom stereocenters. The molecule has 1 aliphatic rings. The number of hydrogen-bond donors (Lipinski definition) is 0. The monoisotopic (exact) mass is 271 g/mol. The number of aryl methyl sites for hydroxylation is 1. The number of nitrogens with zero attached hydrogens (tertiary/aromatic N) is 5. The van der Waals surface area contributed by atoms with Crippen LogP contribution in [-0.4, -0.2) is 38.8 Å². The van der Waals surface area contributed by atoms with Gasteiger partial charge in [-0.2, -0.15) is 10.4 Å². The van der Waals surface area contributed by atoms with Crippen molar-refractivity contribution >= 4 is 5.91 Å². The van der Waals surface area contributed by atoms with Crippen LogP contribution in [0.25, 0.3) is 0 Å². The smallest absolute Gasteiger partial charge is 0.276 e. The van der Waals surface area contributed by atoms with Crippen LogP contribution in [0.3, 0.4) is 0 Å². The van der Waals surface area contributed by atoms with Crippen LogP contribution in [0, 0.1) is 18.3 Å². The lowest BCUT2D eigenvalue weighted by Gasteiger charge is -2.14. The van der Waals surface area contributed by atoms with Gasteiger partial charge in [-0.05, 0) is 13.3 Å². The Morgan fingerprint density at radius 2 is 2.45 bits per heavy atom. The number of carbonyl (C=O) groups excluding carboxylic acids is 1. The minimum atomic E-state index is -0.128. The molecule has 2 aromatic rings. The second kappa shape index (κ2) is 4.81. The van der Waals surface area contributed by atoms with Crippen LogP contribution in [0.2, 0.25) is 0 Å². The normalized spacial score (nSPS) is 18.2.